The third-order valence-electron chi connectivity index (χ3n) is 7.14. The van der Waals surface area contributed by atoms with Crippen molar-refractivity contribution in [3.63, 3.8) is 0 Å². The highest BCUT2D eigenvalue weighted by Gasteiger charge is 2.34. The normalized spacial score (nSPS) is 19.5. The number of hydrogen-bond donors (Lipinski definition) is 2. The summed E-state index contributed by atoms with van der Waals surface area (Å²) in [5.74, 6) is 1.45. The van der Waals surface area contributed by atoms with Crippen molar-refractivity contribution >= 4 is 23.5 Å². The molecule has 8 heteroatoms. The second-order valence-corrected chi connectivity index (χ2v) is 10.2. The average Bonchev–Trinajstić information content (AvgIpc) is 3.35. The maximum atomic E-state index is 13.3. The second-order valence-electron chi connectivity index (χ2n) is 10.2. The van der Waals surface area contributed by atoms with Gasteiger partial charge < -0.3 is 25.2 Å². The van der Waals surface area contributed by atoms with Gasteiger partial charge in [-0.25, -0.2) is 4.79 Å². The topological polar surface area (TPSA) is 91.0 Å². The van der Waals surface area contributed by atoms with Crippen LogP contribution in [0.15, 0.2) is 24.3 Å². The first-order valence-electron chi connectivity index (χ1n) is 13.2. The Balaban J connectivity index is 1.51. The number of nitrogens with one attached hydrogen (secondary N) is 2. The molecule has 1 aliphatic carbocycles. The first-order chi connectivity index (χ1) is 16.8. The maximum absolute atomic E-state index is 13.3. The summed E-state index contributed by atoms with van der Waals surface area (Å²) in [7, 11) is 0. The molecule has 35 heavy (non-hydrogen) atoms. The summed E-state index contributed by atoms with van der Waals surface area (Å²) >= 11 is 0. The lowest BCUT2D eigenvalue weighted by Crippen LogP contribution is -2.60. The Kier molecular flexibility index (Phi) is 9.81. The molecule has 2 N–H and O–H groups in total. The Morgan fingerprint density at radius 3 is 2.37 bits per heavy atom. The summed E-state index contributed by atoms with van der Waals surface area (Å²) in [5.41, 5.74) is 0.624. The van der Waals surface area contributed by atoms with Crippen molar-refractivity contribution in [1.82, 2.24) is 15.1 Å². The van der Waals surface area contributed by atoms with Crippen LogP contribution in [0.5, 0.6) is 5.75 Å². The molecule has 1 aromatic rings. The van der Waals surface area contributed by atoms with Gasteiger partial charge in [-0.3, -0.25) is 9.59 Å². The van der Waals surface area contributed by atoms with Gasteiger partial charge in [-0.2, -0.15) is 0 Å². The lowest BCUT2D eigenvalue weighted by Gasteiger charge is -2.41. The monoisotopic (exact) mass is 486 g/mol. The Labute approximate surface area is 209 Å². The lowest BCUT2D eigenvalue weighted by atomic mass is 10.00. The molecule has 0 spiro atoms. The summed E-state index contributed by atoms with van der Waals surface area (Å²) in [5, 5.41) is 5.64. The molecule has 2 unspecified atom stereocenters. The van der Waals surface area contributed by atoms with Crippen LogP contribution >= 0.6 is 0 Å². The molecule has 1 aliphatic heterocycles. The van der Waals surface area contributed by atoms with Crippen molar-refractivity contribution in [2.45, 2.75) is 78.3 Å². The third kappa shape index (κ3) is 7.61. The third-order valence-corrected chi connectivity index (χ3v) is 7.14. The van der Waals surface area contributed by atoms with E-state index in [4.69, 9.17) is 4.74 Å². The second kappa shape index (κ2) is 12.8. The molecule has 8 nitrogen and oxygen atoms in total. The molecule has 4 amide bonds. The summed E-state index contributed by atoms with van der Waals surface area (Å²) in [4.78, 5) is 42.5. The van der Waals surface area contributed by atoms with Crippen molar-refractivity contribution in [3.05, 3.63) is 24.3 Å². The number of nitrogens with zero attached hydrogens (tertiary/aromatic N) is 2. The van der Waals surface area contributed by atoms with E-state index in [-0.39, 0.29) is 23.8 Å². The molecule has 1 saturated carbocycles. The van der Waals surface area contributed by atoms with Crippen molar-refractivity contribution in [3.8, 4) is 5.75 Å². The Bertz CT molecular complexity index is 851. The largest absolute Gasteiger partial charge is 0.494 e. The number of urea groups is 1. The van der Waals surface area contributed by atoms with Crippen molar-refractivity contribution in [2.75, 3.05) is 31.6 Å². The minimum Gasteiger partial charge on any atom is -0.494 e. The zero-order valence-electron chi connectivity index (χ0n) is 21.7. The fourth-order valence-corrected chi connectivity index (χ4v) is 5.12. The number of anilines is 1. The first kappa shape index (κ1) is 26.8. The molecule has 194 valence electrons. The van der Waals surface area contributed by atoms with Crippen LogP contribution in [0.25, 0.3) is 0 Å². The van der Waals surface area contributed by atoms with Gasteiger partial charge in [-0.05, 0) is 56.4 Å². The van der Waals surface area contributed by atoms with Gasteiger partial charge in [0, 0.05) is 37.8 Å². The van der Waals surface area contributed by atoms with E-state index in [1.54, 1.807) is 29.2 Å². The van der Waals surface area contributed by atoms with Gasteiger partial charge in [-0.15, -0.1) is 0 Å². The standard InChI is InChI=1S/C27H42N4O4/c1-5-35-23-13-11-22(12-14-23)28-27(34)29-25(19(2)3)26(33)30-16-17-31(20(4)18-30)24(32)15-10-21-8-6-7-9-21/h11-14,19-21,25H,5-10,15-18H2,1-4H3,(H2,28,29,34). The van der Waals surface area contributed by atoms with Crippen LogP contribution in [0.2, 0.25) is 0 Å². The molecule has 2 aliphatic rings. The zero-order chi connectivity index (χ0) is 25.4. The number of hydrogen-bond acceptors (Lipinski definition) is 4. The minimum atomic E-state index is -0.644. The fraction of sp³-hybridized carbons (Fsp3) is 0.667. The Hall–Kier alpha value is -2.77. The van der Waals surface area contributed by atoms with Gasteiger partial charge in [0.1, 0.15) is 11.8 Å². The fourth-order valence-electron chi connectivity index (χ4n) is 5.12. The Morgan fingerprint density at radius 1 is 1.09 bits per heavy atom. The summed E-state index contributed by atoms with van der Waals surface area (Å²) in [6, 6.07) is 6.02. The summed E-state index contributed by atoms with van der Waals surface area (Å²) in [6.45, 7) is 9.86. The first-order valence-corrected chi connectivity index (χ1v) is 13.2. The van der Waals surface area contributed by atoms with Gasteiger partial charge in [-0.1, -0.05) is 39.5 Å². The highest BCUT2D eigenvalue weighted by Crippen LogP contribution is 2.29. The van der Waals surface area contributed by atoms with E-state index in [0.29, 0.717) is 44.3 Å². The number of ether oxygens (including phenoxy) is 1. The maximum Gasteiger partial charge on any atom is 0.319 e. The van der Waals surface area contributed by atoms with Crippen molar-refractivity contribution < 1.29 is 19.1 Å². The number of rotatable bonds is 9. The molecular weight excluding hydrogens is 444 g/mol. The highest BCUT2D eigenvalue weighted by atomic mass is 16.5. The Morgan fingerprint density at radius 2 is 1.77 bits per heavy atom. The SMILES string of the molecule is CCOc1ccc(NC(=O)NC(C(=O)N2CCN(C(=O)CCC3CCCC3)C(C)C2)C(C)C)cc1. The molecule has 1 saturated heterocycles. The van der Waals surface area contributed by atoms with E-state index in [0.717, 1.165) is 12.2 Å². The molecule has 3 rings (SSSR count). The predicted molar refractivity (Wildman–Crippen MR) is 137 cm³/mol. The number of carbonyl (C=O) groups excluding carboxylic acids is 3. The van der Waals surface area contributed by atoms with Crippen molar-refractivity contribution in [1.29, 1.82) is 0 Å². The number of benzene rings is 1. The molecule has 0 bridgehead atoms. The quantitative estimate of drug-likeness (QED) is 0.546. The molecule has 1 aromatic carbocycles. The van der Waals surface area contributed by atoms with Crippen molar-refractivity contribution in [2.24, 2.45) is 11.8 Å². The van der Waals surface area contributed by atoms with E-state index in [1.807, 2.05) is 32.6 Å². The van der Waals surface area contributed by atoms with Crippen LogP contribution in [0.4, 0.5) is 10.5 Å². The van der Waals surface area contributed by atoms with Gasteiger partial charge in [0.05, 0.1) is 6.61 Å². The van der Waals surface area contributed by atoms with E-state index in [2.05, 4.69) is 10.6 Å². The van der Waals surface area contributed by atoms with Gasteiger partial charge in [0.2, 0.25) is 11.8 Å². The van der Waals surface area contributed by atoms with Gasteiger partial charge >= 0.3 is 6.03 Å². The van der Waals surface area contributed by atoms with Crippen LogP contribution in [-0.4, -0.2) is 66.0 Å². The summed E-state index contributed by atoms with van der Waals surface area (Å²) < 4.78 is 5.43. The van der Waals surface area contributed by atoms with Crippen LogP contribution < -0.4 is 15.4 Å². The van der Waals surface area contributed by atoms with Crippen LogP contribution in [0.1, 0.15) is 66.2 Å². The van der Waals surface area contributed by atoms with Gasteiger partial charge in [0.15, 0.2) is 0 Å². The van der Waals surface area contributed by atoms with E-state index < -0.39 is 12.1 Å². The minimum absolute atomic E-state index is 0.0331. The molecule has 1 heterocycles. The highest BCUT2D eigenvalue weighted by molar-refractivity contribution is 5.94. The number of amides is 4. The van der Waals surface area contributed by atoms with E-state index in [1.165, 1.54) is 25.7 Å². The van der Waals surface area contributed by atoms with Crippen LogP contribution in [0, 0.1) is 11.8 Å². The smallest absolute Gasteiger partial charge is 0.319 e. The molecular formula is C27H42N4O4. The molecule has 2 fully saturated rings. The van der Waals surface area contributed by atoms with Crippen LogP contribution in [-0.2, 0) is 9.59 Å². The molecule has 0 radical (unpaired) electrons. The predicted octanol–water partition coefficient (Wildman–Crippen LogP) is 4.26. The zero-order valence-corrected chi connectivity index (χ0v) is 21.7. The van der Waals surface area contributed by atoms with E-state index in [9.17, 15) is 14.4 Å². The van der Waals surface area contributed by atoms with Gasteiger partial charge in [0.25, 0.3) is 0 Å². The lowest BCUT2D eigenvalue weighted by molar-refractivity contribution is -0.144. The average molecular weight is 487 g/mol. The van der Waals surface area contributed by atoms with Crippen LogP contribution in [0.3, 0.4) is 0 Å². The number of piperazine rings is 1. The number of carbonyl (C=O) groups is 3. The molecule has 2 atom stereocenters. The van der Waals surface area contributed by atoms with E-state index >= 15 is 0 Å². The molecule has 0 aromatic heterocycles. The summed E-state index contributed by atoms with van der Waals surface area (Å²) in [6.07, 6.45) is 6.67.